The predicted molar refractivity (Wildman–Crippen MR) is 103 cm³/mol. The second kappa shape index (κ2) is 10.3. The lowest BCUT2D eigenvalue weighted by Gasteiger charge is -2.15. The molecular weight excluding hydrogens is 330 g/mol. The minimum absolute atomic E-state index is 0.211. The molecule has 5 heteroatoms. The second-order valence-corrected chi connectivity index (χ2v) is 6.00. The Kier molecular flexibility index (Phi) is 7.80. The molecule has 0 aliphatic heterocycles. The van der Waals surface area contributed by atoms with Crippen LogP contribution in [0.5, 0.6) is 17.2 Å². The summed E-state index contributed by atoms with van der Waals surface area (Å²) >= 11 is 0. The zero-order chi connectivity index (χ0) is 18.8. The summed E-state index contributed by atoms with van der Waals surface area (Å²) in [5, 5.41) is 2.84. The van der Waals surface area contributed by atoms with Crippen molar-refractivity contribution in [1.82, 2.24) is 0 Å². The van der Waals surface area contributed by atoms with Gasteiger partial charge in [-0.05, 0) is 61.9 Å². The Morgan fingerprint density at radius 2 is 1.58 bits per heavy atom. The van der Waals surface area contributed by atoms with E-state index in [0.717, 1.165) is 17.9 Å². The van der Waals surface area contributed by atoms with Crippen molar-refractivity contribution in [2.75, 3.05) is 19.0 Å². The SMILES string of the molecule is CCCCCOc1ccc(NC(=O)C(C)Oc2ccc(OC)cc2)cc1. The number of benzene rings is 2. The van der Waals surface area contributed by atoms with Gasteiger partial charge in [0.25, 0.3) is 5.91 Å². The number of unbranched alkanes of at least 4 members (excludes halogenated alkanes) is 2. The highest BCUT2D eigenvalue weighted by Crippen LogP contribution is 2.19. The number of carbonyl (C=O) groups is 1. The Labute approximate surface area is 155 Å². The number of amides is 1. The van der Waals surface area contributed by atoms with Crippen LogP contribution in [0.3, 0.4) is 0 Å². The molecule has 2 aromatic carbocycles. The summed E-state index contributed by atoms with van der Waals surface area (Å²) in [5.41, 5.74) is 0.709. The van der Waals surface area contributed by atoms with E-state index < -0.39 is 6.10 Å². The average molecular weight is 357 g/mol. The molecular formula is C21H27NO4. The molecule has 0 aromatic heterocycles. The summed E-state index contributed by atoms with van der Waals surface area (Å²) in [6.07, 6.45) is 2.77. The highest BCUT2D eigenvalue weighted by atomic mass is 16.5. The maximum Gasteiger partial charge on any atom is 0.265 e. The maximum atomic E-state index is 12.3. The Balaban J connectivity index is 1.81. The van der Waals surface area contributed by atoms with Crippen molar-refractivity contribution in [3.05, 3.63) is 48.5 Å². The van der Waals surface area contributed by atoms with Crippen LogP contribution in [0.4, 0.5) is 5.69 Å². The molecule has 0 bridgehead atoms. The molecule has 1 atom stereocenters. The number of rotatable bonds is 10. The number of ether oxygens (including phenoxy) is 3. The van der Waals surface area contributed by atoms with E-state index >= 15 is 0 Å². The first-order valence-electron chi connectivity index (χ1n) is 8.96. The summed E-state index contributed by atoms with van der Waals surface area (Å²) in [5.74, 6) is 1.95. The van der Waals surface area contributed by atoms with Gasteiger partial charge >= 0.3 is 0 Å². The van der Waals surface area contributed by atoms with Crippen LogP contribution in [-0.2, 0) is 4.79 Å². The molecule has 0 saturated heterocycles. The van der Waals surface area contributed by atoms with E-state index in [1.165, 1.54) is 12.8 Å². The van der Waals surface area contributed by atoms with Gasteiger partial charge in [-0.3, -0.25) is 4.79 Å². The molecule has 1 N–H and O–H groups in total. The molecule has 2 rings (SSSR count). The van der Waals surface area contributed by atoms with Crippen molar-refractivity contribution in [2.24, 2.45) is 0 Å². The van der Waals surface area contributed by atoms with Crippen molar-refractivity contribution in [3.8, 4) is 17.2 Å². The van der Waals surface area contributed by atoms with E-state index in [2.05, 4.69) is 12.2 Å². The summed E-state index contributed by atoms with van der Waals surface area (Å²) in [6.45, 7) is 4.59. The van der Waals surface area contributed by atoms with Crippen molar-refractivity contribution in [1.29, 1.82) is 0 Å². The molecule has 0 saturated carbocycles. The van der Waals surface area contributed by atoms with Gasteiger partial charge in [0.2, 0.25) is 0 Å². The lowest BCUT2D eigenvalue weighted by atomic mass is 10.2. The van der Waals surface area contributed by atoms with Gasteiger partial charge in [0, 0.05) is 5.69 Å². The molecule has 0 aliphatic carbocycles. The van der Waals surface area contributed by atoms with Crippen LogP contribution in [0.15, 0.2) is 48.5 Å². The molecule has 0 radical (unpaired) electrons. The fourth-order valence-electron chi connectivity index (χ4n) is 2.33. The number of carbonyl (C=O) groups excluding carboxylic acids is 1. The van der Waals surface area contributed by atoms with Gasteiger partial charge in [-0.2, -0.15) is 0 Å². The van der Waals surface area contributed by atoms with Crippen molar-refractivity contribution in [3.63, 3.8) is 0 Å². The van der Waals surface area contributed by atoms with Gasteiger partial charge in [0.1, 0.15) is 17.2 Å². The average Bonchev–Trinajstić information content (AvgIpc) is 2.67. The third-order valence-corrected chi connectivity index (χ3v) is 3.88. The van der Waals surface area contributed by atoms with Crippen LogP contribution in [0.25, 0.3) is 0 Å². The van der Waals surface area contributed by atoms with Gasteiger partial charge in [-0.15, -0.1) is 0 Å². The second-order valence-electron chi connectivity index (χ2n) is 6.00. The Morgan fingerprint density at radius 1 is 0.962 bits per heavy atom. The normalized spacial score (nSPS) is 11.5. The highest BCUT2D eigenvalue weighted by Gasteiger charge is 2.15. The van der Waals surface area contributed by atoms with Crippen LogP contribution in [0, 0.1) is 0 Å². The maximum absolute atomic E-state index is 12.3. The smallest absolute Gasteiger partial charge is 0.265 e. The number of methoxy groups -OCH3 is 1. The topological polar surface area (TPSA) is 56.8 Å². The quantitative estimate of drug-likeness (QED) is 0.628. The van der Waals surface area contributed by atoms with Crippen molar-refractivity contribution in [2.45, 2.75) is 39.2 Å². The molecule has 1 unspecified atom stereocenters. The Hall–Kier alpha value is -2.69. The fourth-order valence-corrected chi connectivity index (χ4v) is 2.33. The molecule has 0 fully saturated rings. The molecule has 0 aliphatic rings. The highest BCUT2D eigenvalue weighted by molar-refractivity contribution is 5.94. The zero-order valence-corrected chi connectivity index (χ0v) is 15.7. The Morgan fingerprint density at radius 3 is 2.19 bits per heavy atom. The van der Waals surface area contributed by atoms with Crippen LogP contribution in [0.1, 0.15) is 33.1 Å². The van der Waals surface area contributed by atoms with E-state index in [-0.39, 0.29) is 5.91 Å². The van der Waals surface area contributed by atoms with E-state index in [9.17, 15) is 4.79 Å². The lowest BCUT2D eigenvalue weighted by molar-refractivity contribution is -0.122. The number of hydrogen-bond acceptors (Lipinski definition) is 4. The van der Waals surface area contributed by atoms with Crippen molar-refractivity contribution < 1.29 is 19.0 Å². The van der Waals surface area contributed by atoms with E-state index in [1.807, 2.05) is 24.3 Å². The third kappa shape index (κ3) is 6.31. The summed E-state index contributed by atoms with van der Waals surface area (Å²) in [4.78, 5) is 12.3. The van der Waals surface area contributed by atoms with Crippen molar-refractivity contribution >= 4 is 11.6 Å². The summed E-state index contributed by atoms with van der Waals surface area (Å²) in [6, 6.07) is 14.5. The molecule has 0 spiro atoms. The largest absolute Gasteiger partial charge is 0.497 e. The van der Waals surface area contributed by atoms with E-state index in [0.29, 0.717) is 18.0 Å². The van der Waals surface area contributed by atoms with Gasteiger partial charge < -0.3 is 19.5 Å². The minimum Gasteiger partial charge on any atom is -0.497 e. The number of anilines is 1. The fraction of sp³-hybridized carbons (Fsp3) is 0.381. The van der Waals surface area contributed by atoms with E-state index in [1.54, 1.807) is 38.3 Å². The van der Waals surface area contributed by atoms with Gasteiger partial charge in [-0.25, -0.2) is 0 Å². The number of hydrogen-bond donors (Lipinski definition) is 1. The number of nitrogens with one attached hydrogen (secondary N) is 1. The van der Waals surface area contributed by atoms with Crippen LogP contribution in [-0.4, -0.2) is 25.7 Å². The lowest BCUT2D eigenvalue weighted by Crippen LogP contribution is -2.30. The van der Waals surface area contributed by atoms with Gasteiger partial charge in [-0.1, -0.05) is 19.8 Å². The molecule has 1 amide bonds. The van der Waals surface area contributed by atoms with Crippen LogP contribution in [0.2, 0.25) is 0 Å². The minimum atomic E-state index is -0.617. The van der Waals surface area contributed by atoms with Gasteiger partial charge in [0.05, 0.1) is 13.7 Å². The predicted octanol–water partition coefficient (Wildman–Crippen LogP) is 4.67. The monoisotopic (exact) mass is 357 g/mol. The summed E-state index contributed by atoms with van der Waals surface area (Å²) in [7, 11) is 1.60. The molecule has 2 aromatic rings. The first kappa shape index (κ1) is 19.6. The molecule has 140 valence electrons. The third-order valence-electron chi connectivity index (χ3n) is 3.88. The molecule has 5 nitrogen and oxygen atoms in total. The zero-order valence-electron chi connectivity index (χ0n) is 15.7. The molecule has 0 heterocycles. The molecule has 26 heavy (non-hydrogen) atoms. The standard InChI is InChI=1S/C21H27NO4/c1-4-5-6-15-25-19-9-7-17(8-10-19)22-21(23)16(2)26-20-13-11-18(24-3)12-14-20/h7-14,16H,4-6,15H2,1-3H3,(H,22,23). The Bertz CT molecular complexity index is 667. The van der Waals surface area contributed by atoms with Crippen LogP contribution >= 0.6 is 0 Å². The van der Waals surface area contributed by atoms with Crippen LogP contribution < -0.4 is 19.5 Å². The van der Waals surface area contributed by atoms with E-state index in [4.69, 9.17) is 14.2 Å². The first-order chi connectivity index (χ1) is 12.6. The summed E-state index contributed by atoms with van der Waals surface area (Å²) < 4.78 is 16.4. The van der Waals surface area contributed by atoms with Gasteiger partial charge in [0.15, 0.2) is 6.10 Å². The first-order valence-corrected chi connectivity index (χ1v) is 8.96.